The first-order valence-corrected chi connectivity index (χ1v) is 20.7. The number of nitrogens with one attached hydrogen (secondary N) is 1. The average molecular weight is 857 g/mol. The average Bonchev–Trinajstić information content (AvgIpc) is 3.66. The summed E-state index contributed by atoms with van der Waals surface area (Å²) in [6.07, 6.45) is 2.10. The number of anilines is 2. The number of benzene rings is 5. The van der Waals surface area contributed by atoms with Gasteiger partial charge in [0.25, 0.3) is 11.8 Å². The van der Waals surface area contributed by atoms with Gasteiger partial charge in [-0.3, -0.25) is 34.3 Å². The SMILES string of the molecule is CCOc1cccc([C@H]2C3=CC[C@@H]4C(=O)N(c5ccc(C(=O)c6ccccc6)cc5)C(=O)[C@@H]4[C@@H]3C[C@H]3C(=O)N(Nc4ccc(Cl)cc4Cl)C(=O)[C@@]23c2ccc(OC)cc2)c1O. The van der Waals surface area contributed by atoms with Crippen molar-refractivity contribution in [3.63, 3.8) is 0 Å². The van der Waals surface area contributed by atoms with Crippen LogP contribution in [-0.4, -0.2) is 53.2 Å². The lowest BCUT2D eigenvalue weighted by Gasteiger charge is -2.50. The van der Waals surface area contributed by atoms with Gasteiger partial charge in [-0.25, -0.2) is 0 Å². The van der Waals surface area contributed by atoms with Crippen LogP contribution in [0.25, 0.3) is 0 Å². The number of carbonyl (C=O) groups is 5. The molecule has 6 atom stereocenters. The molecule has 0 spiro atoms. The number of allylic oxidation sites excluding steroid dienone is 2. The molecule has 61 heavy (non-hydrogen) atoms. The van der Waals surface area contributed by atoms with Crippen LogP contribution in [0.1, 0.15) is 52.7 Å². The van der Waals surface area contributed by atoms with Gasteiger partial charge in [0.2, 0.25) is 11.8 Å². The van der Waals surface area contributed by atoms with Crippen molar-refractivity contribution in [1.29, 1.82) is 0 Å². The highest BCUT2D eigenvalue weighted by Gasteiger charge is 2.70. The second kappa shape index (κ2) is 15.6. The minimum atomic E-state index is -1.68. The first-order valence-electron chi connectivity index (χ1n) is 20.0. The molecule has 9 rings (SSSR count). The van der Waals surface area contributed by atoms with Crippen molar-refractivity contribution in [3.8, 4) is 17.2 Å². The number of rotatable bonds is 10. The number of halogens is 2. The zero-order chi connectivity index (χ0) is 42.7. The minimum Gasteiger partial charge on any atom is -0.504 e. The summed E-state index contributed by atoms with van der Waals surface area (Å²) in [7, 11) is 1.53. The van der Waals surface area contributed by atoms with Crippen LogP contribution < -0.4 is 19.8 Å². The summed E-state index contributed by atoms with van der Waals surface area (Å²) in [6, 6.07) is 31.8. The number of hydrazine groups is 1. The summed E-state index contributed by atoms with van der Waals surface area (Å²) in [5, 5.41) is 13.6. The number of amides is 4. The number of nitrogens with zero attached hydrogens (tertiary/aromatic N) is 2. The van der Waals surface area contributed by atoms with Crippen molar-refractivity contribution >= 4 is 64.0 Å². The monoisotopic (exact) mass is 855 g/mol. The zero-order valence-electron chi connectivity index (χ0n) is 33.0. The third kappa shape index (κ3) is 6.28. The van der Waals surface area contributed by atoms with Gasteiger partial charge in [-0.1, -0.05) is 89.4 Å². The van der Waals surface area contributed by atoms with Crippen molar-refractivity contribution in [2.75, 3.05) is 24.0 Å². The van der Waals surface area contributed by atoms with Crippen LogP contribution in [0.3, 0.4) is 0 Å². The first-order chi connectivity index (χ1) is 29.5. The molecule has 3 fully saturated rings. The molecule has 4 amide bonds. The molecular weight excluding hydrogens is 817 g/mol. The van der Waals surface area contributed by atoms with E-state index in [1.165, 1.54) is 18.1 Å². The second-order valence-electron chi connectivity index (χ2n) is 15.6. The van der Waals surface area contributed by atoms with E-state index in [-0.39, 0.29) is 47.4 Å². The van der Waals surface area contributed by atoms with Gasteiger partial charge < -0.3 is 14.6 Å². The summed E-state index contributed by atoms with van der Waals surface area (Å²) < 4.78 is 11.3. The highest BCUT2D eigenvalue weighted by molar-refractivity contribution is 6.36. The van der Waals surface area contributed by atoms with Crippen molar-refractivity contribution in [3.05, 3.63) is 159 Å². The summed E-state index contributed by atoms with van der Waals surface area (Å²) in [4.78, 5) is 74.3. The Morgan fingerprint density at radius 1 is 0.836 bits per heavy atom. The molecule has 5 aromatic carbocycles. The van der Waals surface area contributed by atoms with E-state index in [2.05, 4.69) is 5.43 Å². The Bertz CT molecular complexity index is 2650. The number of ether oxygens (including phenoxy) is 2. The topological polar surface area (TPSA) is 143 Å². The largest absolute Gasteiger partial charge is 0.504 e. The van der Waals surface area contributed by atoms with Crippen molar-refractivity contribution < 1.29 is 38.6 Å². The number of ketones is 1. The minimum absolute atomic E-state index is 0.0237. The zero-order valence-corrected chi connectivity index (χ0v) is 34.5. The Labute approximate surface area is 361 Å². The number of phenolic OH excluding ortho intramolecular Hbond substituents is 1. The summed E-state index contributed by atoms with van der Waals surface area (Å²) in [6.45, 7) is 2.03. The van der Waals surface area contributed by atoms with Crippen molar-refractivity contribution in [2.24, 2.45) is 23.7 Å². The number of imide groups is 2. The Morgan fingerprint density at radius 2 is 1.56 bits per heavy atom. The number of carbonyl (C=O) groups excluding carboxylic acids is 5. The highest BCUT2D eigenvalue weighted by Crippen LogP contribution is 2.65. The number of fused-ring (bicyclic) bond motifs is 4. The molecule has 2 aliphatic heterocycles. The van der Waals surface area contributed by atoms with Crippen LogP contribution in [0, 0.1) is 23.7 Å². The highest BCUT2D eigenvalue weighted by atomic mass is 35.5. The Morgan fingerprint density at radius 3 is 2.25 bits per heavy atom. The first kappa shape index (κ1) is 40.0. The summed E-state index contributed by atoms with van der Waals surface area (Å²) in [5.41, 5.74) is 4.24. The quantitative estimate of drug-likeness (QED) is 0.0803. The predicted molar refractivity (Wildman–Crippen MR) is 229 cm³/mol. The smallest absolute Gasteiger partial charge is 0.260 e. The van der Waals surface area contributed by atoms with Crippen LogP contribution in [-0.2, 0) is 24.6 Å². The van der Waals surface area contributed by atoms with Gasteiger partial charge in [-0.05, 0) is 91.9 Å². The molecule has 0 aromatic heterocycles. The number of aromatic hydroxyl groups is 1. The lowest BCUT2D eigenvalue weighted by Crippen LogP contribution is -2.53. The predicted octanol–water partition coefficient (Wildman–Crippen LogP) is 8.53. The van der Waals surface area contributed by atoms with Crippen molar-refractivity contribution in [1.82, 2.24) is 5.01 Å². The number of phenols is 1. The number of methoxy groups -OCH3 is 1. The maximum absolute atomic E-state index is 15.6. The molecule has 308 valence electrons. The molecule has 0 bridgehead atoms. The van der Waals surface area contributed by atoms with E-state index in [4.69, 9.17) is 32.7 Å². The van der Waals surface area contributed by atoms with Gasteiger partial charge in [0.15, 0.2) is 17.3 Å². The lowest BCUT2D eigenvalue weighted by atomic mass is 9.49. The van der Waals surface area contributed by atoms with E-state index in [1.807, 2.05) is 12.1 Å². The van der Waals surface area contributed by atoms with Crippen LogP contribution in [0.2, 0.25) is 10.0 Å². The molecule has 13 heteroatoms. The summed E-state index contributed by atoms with van der Waals surface area (Å²) >= 11 is 12.8. The maximum Gasteiger partial charge on any atom is 0.260 e. The maximum atomic E-state index is 15.6. The third-order valence-corrected chi connectivity index (χ3v) is 13.2. The Kier molecular flexibility index (Phi) is 10.2. The summed E-state index contributed by atoms with van der Waals surface area (Å²) in [5.74, 6) is -6.22. The molecule has 5 aromatic rings. The third-order valence-electron chi connectivity index (χ3n) is 12.6. The van der Waals surface area contributed by atoms with E-state index in [9.17, 15) is 19.5 Å². The molecule has 0 radical (unpaired) electrons. The van der Waals surface area contributed by atoms with E-state index in [1.54, 1.807) is 110 Å². The van der Waals surface area contributed by atoms with Gasteiger partial charge in [0.1, 0.15) is 5.75 Å². The fourth-order valence-electron chi connectivity index (χ4n) is 10.0. The van der Waals surface area contributed by atoms with Crippen LogP contribution in [0.15, 0.2) is 127 Å². The molecule has 2 aliphatic carbocycles. The van der Waals surface area contributed by atoms with Crippen LogP contribution in [0.4, 0.5) is 11.4 Å². The standard InChI is InChI=1S/C48H39Cl2N3O8/c1-3-61-39-11-7-10-34(43(39)55)41-32-21-22-33-40(46(58)52(44(33)56)30-17-12-27(13-18-30)42(54)26-8-5-4-6-9-26)35(32)25-36-45(57)53(51-38-23-16-29(49)24-37(38)50)47(59)48(36,41)28-14-19-31(60-2)20-15-28/h4-21,23-24,33,35-36,40-41,51,55H,3,22,25H2,1-2H3/t33-,35+,36-,40-,41+,48+/m0/s1. The molecule has 4 aliphatic rings. The number of hydrogen-bond acceptors (Lipinski definition) is 9. The molecule has 2 heterocycles. The number of hydrogen-bond donors (Lipinski definition) is 2. The van der Waals surface area contributed by atoms with E-state index in [0.29, 0.717) is 44.3 Å². The Hall–Kier alpha value is -6.43. The molecular formula is C48H39Cl2N3O8. The van der Waals surface area contributed by atoms with Gasteiger partial charge in [-0.15, -0.1) is 0 Å². The molecule has 0 unspecified atom stereocenters. The molecule has 1 saturated carbocycles. The van der Waals surface area contributed by atoms with E-state index in [0.717, 1.165) is 5.01 Å². The van der Waals surface area contributed by atoms with Gasteiger partial charge >= 0.3 is 0 Å². The lowest BCUT2D eigenvalue weighted by molar-refractivity contribution is -0.138. The van der Waals surface area contributed by atoms with Gasteiger partial charge in [0, 0.05) is 27.6 Å². The van der Waals surface area contributed by atoms with Crippen LogP contribution >= 0.6 is 23.2 Å². The normalized spacial score (nSPS) is 24.2. The molecule has 11 nitrogen and oxygen atoms in total. The molecule has 2 N–H and O–H groups in total. The second-order valence-corrected chi connectivity index (χ2v) is 16.4. The van der Waals surface area contributed by atoms with Crippen LogP contribution in [0.5, 0.6) is 17.2 Å². The number of para-hydroxylation sites is 1. The molecule has 2 saturated heterocycles. The van der Waals surface area contributed by atoms with E-state index < -0.39 is 58.6 Å². The fourth-order valence-corrected chi connectivity index (χ4v) is 10.5. The fraction of sp³-hybridized carbons (Fsp3) is 0.229. The van der Waals surface area contributed by atoms with Gasteiger partial charge in [0.05, 0.1) is 53.3 Å². The Balaban J connectivity index is 1.18. The van der Waals surface area contributed by atoms with Gasteiger partial charge in [-0.2, -0.15) is 5.01 Å². The van der Waals surface area contributed by atoms with Crippen molar-refractivity contribution in [2.45, 2.75) is 31.1 Å². The van der Waals surface area contributed by atoms with E-state index >= 15 is 9.59 Å².